The molecule has 2 aromatic carbocycles. The van der Waals surface area contributed by atoms with Gasteiger partial charge in [0.25, 0.3) is 0 Å². The second kappa shape index (κ2) is 10.3. The number of nitrogens with zero attached hydrogens (tertiary/aromatic N) is 2. The molecule has 0 saturated carbocycles. The lowest BCUT2D eigenvalue weighted by molar-refractivity contribution is -0.126. The van der Waals surface area contributed by atoms with Gasteiger partial charge in [0.05, 0.1) is 10.9 Å². The Labute approximate surface area is 208 Å². The third-order valence-electron chi connectivity index (χ3n) is 7.18. The summed E-state index contributed by atoms with van der Waals surface area (Å²) in [5.41, 5.74) is 5.51. The molecule has 7 heteroatoms. The number of aryl methyl sites for hydroxylation is 2. The minimum Gasteiger partial charge on any atom is -0.345 e. The van der Waals surface area contributed by atoms with Crippen LogP contribution in [0.15, 0.2) is 65.8 Å². The number of benzene rings is 2. The molecule has 4 rings (SSSR count). The molecule has 184 valence electrons. The normalized spacial score (nSPS) is 16.1. The number of pyridine rings is 1. The molecule has 3 aromatic rings. The third-order valence-corrected chi connectivity index (χ3v) is 9.35. The highest BCUT2D eigenvalue weighted by Gasteiger charge is 2.35. The van der Waals surface area contributed by atoms with Gasteiger partial charge in [-0.15, -0.1) is 0 Å². The molecule has 2 heterocycles. The zero-order valence-corrected chi connectivity index (χ0v) is 21.6. The first-order chi connectivity index (χ1) is 16.7. The molecule has 1 N–H and O–H groups in total. The Bertz CT molecular complexity index is 1230. The average molecular weight is 492 g/mol. The van der Waals surface area contributed by atoms with Crippen molar-refractivity contribution in [2.45, 2.75) is 51.5 Å². The van der Waals surface area contributed by atoms with Gasteiger partial charge in [0.15, 0.2) is 0 Å². The van der Waals surface area contributed by atoms with Gasteiger partial charge in [-0.2, -0.15) is 4.31 Å². The molecule has 1 atom stereocenters. The summed E-state index contributed by atoms with van der Waals surface area (Å²) < 4.78 is 28.7. The van der Waals surface area contributed by atoms with Crippen LogP contribution in [0.4, 0.5) is 0 Å². The van der Waals surface area contributed by atoms with Crippen molar-refractivity contribution in [1.29, 1.82) is 0 Å². The monoisotopic (exact) mass is 491 g/mol. The molecule has 0 aliphatic carbocycles. The van der Waals surface area contributed by atoms with Crippen LogP contribution in [-0.4, -0.2) is 36.7 Å². The number of sulfonamides is 1. The smallest absolute Gasteiger partial charge is 0.243 e. The number of nitrogens with one attached hydrogen (secondary N) is 1. The fraction of sp³-hybridized carbons (Fsp3) is 0.357. The molecule has 1 fully saturated rings. The highest BCUT2D eigenvalue weighted by molar-refractivity contribution is 7.89. The molecular formula is C28H33N3O3S. The van der Waals surface area contributed by atoms with Gasteiger partial charge in [0.1, 0.15) is 0 Å². The van der Waals surface area contributed by atoms with Crippen LogP contribution >= 0.6 is 0 Å². The van der Waals surface area contributed by atoms with Crippen LogP contribution < -0.4 is 5.32 Å². The van der Waals surface area contributed by atoms with Crippen LogP contribution in [0.25, 0.3) is 0 Å². The van der Waals surface area contributed by atoms with Crippen molar-refractivity contribution in [2.24, 2.45) is 5.92 Å². The van der Waals surface area contributed by atoms with Crippen molar-refractivity contribution in [2.75, 3.05) is 13.1 Å². The summed E-state index contributed by atoms with van der Waals surface area (Å²) >= 11 is 0. The lowest BCUT2D eigenvalue weighted by Crippen LogP contribution is -2.44. The number of hydrogen-bond donors (Lipinski definition) is 1. The number of aromatic nitrogens is 1. The van der Waals surface area contributed by atoms with Crippen molar-refractivity contribution in [1.82, 2.24) is 14.6 Å². The van der Waals surface area contributed by atoms with Gasteiger partial charge in [0.2, 0.25) is 15.9 Å². The van der Waals surface area contributed by atoms with Gasteiger partial charge in [-0.3, -0.25) is 9.78 Å². The molecule has 1 aliphatic heterocycles. The number of carbonyl (C=O) groups excluding carboxylic acids is 1. The number of piperidine rings is 1. The van der Waals surface area contributed by atoms with Crippen molar-refractivity contribution in [3.63, 3.8) is 0 Å². The number of amides is 1. The summed E-state index contributed by atoms with van der Waals surface area (Å²) in [5.74, 6) is -0.289. The first-order valence-corrected chi connectivity index (χ1v) is 13.5. The van der Waals surface area contributed by atoms with Gasteiger partial charge >= 0.3 is 0 Å². The first-order valence-electron chi connectivity index (χ1n) is 12.0. The number of hydrogen-bond acceptors (Lipinski definition) is 4. The first kappa shape index (κ1) is 25.1. The van der Waals surface area contributed by atoms with Crippen molar-refractivity contribution in [3.05, 3.63) is 94.3 Å². The van der Waals surface area contributed by atoms with E-state index in [2.05, 4.69) is 10.3 Å². The molecule has 1 unspecified atom stereocenters. The van der Waals surface area contributed by atoms with Gasteiger partial charge in [-0.25, -0.2) is 8.42 Å². The largest absolute Gasteiger partial charge is 0.345 e. The maximum atomic E-state index is 13.6. The van der Waals surface area contributed by atoms with Gasteiger partial charge in [0, 0.05) is 31.4 Å². The van der Waals surface area contributed by atoms with E-state index >= 15 is 0 Å². The summed E-state index contributed by atoms with van der Waals surface area (Å²) in [7, 11) is -3.63. The van der Waals surface area contributed by atoms with E-state index in [4.69, 9.17) is 0 Å². The molecular weight excluding hydrogens is 458 g/mol. The van der Waals surface area contributed by atoms with Crippen molar-refractivity contribution < 1.29 is 13.2 Å². The number of rotatable bonds is 6. The molecule has 6 nitrogen and oxygen atoms in total. The predicted molar refractivity (Wildman–Crippen MR) is 138 cm³/mol. The lowest BCUT2D eigenvalue weighted by Gasteiger charge is -2.32. The molecule has 0 spiro atoms. The van der Waals surface area contributed by atoms with E-state index in [9.17, 15) is 13.2 Å². The SMILES string of the molecule is Cc1cc(C)c(C)c(S(=O)(=O)N2CCC(C(=O)NC(c3ccccc3)c3ccncc3)CC2)c1C. The van der Waals surface area contributed by atoms with Crippen LogP contribution in [0.2, 0.25) is 0 Å². The number of carbonyl (C=O) groups is 1. The molecule has 1 saturated heterocycles. The van der Waals surface area contributed by atoms with Gasteiger partial charge in [-0.05, 0) is 86.1 Å². The van der Waals surface area contributed by atoms with E-state index in [0.29, 0.717) is 30.8 Å². The third kappa shape index (κ3) is 5.16. The van der Waals surface area contributed by atoms with Crippen LogP contribution in [0.3, 0.4) is 0 Å². The standard InChI is InChI=1S/C28H33N3O3S/c1-19-18-20(2)22(4)27(21(19)3)35(33,34)31-16-12-25(13-17-31)28(32)30-26(23-8-6-5-7-9-23)24-10-14-29-15-11-24/h5-11,14-15,18,25-26H,12-13,16-17H2,1-4H3,(H,30,32). The maximum absolute atomic E-state index is 13.6. The van der Waals surface area contributed by atoms with Crippen LogP contribution in [0.1, 0.15) is 52.3 Å². The Morgan fingerprint density at radius 1 is 0.914 bits per heavy atom. The molecule has 35 heavy (non-hydrogen) atoms. The fourth-order valence-corrected chi connectivity index (χ4v) is 6.92. The molecule has 1 amide bonds. The van der Waals surface area contributed by atoms with Crippen LogP contribution in [-0.2, 0) is 14.8 Å². The van der Waals surface area contributed by atoms with E-state index < -0.39 is 10.0 Å². The van der Waals surface area contributed by atoms with E-state index in [1.54, 1.807) is 16.7 Å². The quantitative estimate of drug-likeness (QED) is 0.546. The summed E-state index contributed by atoms with van der Waals surface area (Å²) in [6.45, 7) is 8.30. The average Bonchev–Trinajstić information content (AvgIpc) is 2.87. The molecule has 0 bridgehead atoms. The molecule has 1 aromatic heterocycles. The van der Waals surface area contributed by atoms with E-state index in [0.717, 1.165) is 33.4 Å². The Morgan fingerprint density at radius 2 is 1.46 bits per heavy atom. The lowest BCUT2D eigenvalue weighted by atomic mass is 9.94. The summed E-state index contributed by atoms with van der Waals surface area (Å²) in [5, 5.41) is 3.20. The predicted octanol–water partition coefficient (Wildman–Crippen LogP) is 4.62. The zero-order chi connectivity index (χ0) is 25.2. The van der Waals surface area contributed by atoms with Crippen molar-refractivity contribution in [3.8, 4) is 0 Å². The topological polar surface area (TPSA) is 79.4 Å². The maximum Gasteiger partial charge on any atom is 0.243 e. The second-order valence-electron chi connectivity index (χ2n) is 9.40. The van der Waals surface area contributed by atoms with E-state index in [1.165, 1.54) is 0 Å². The van der Waals surface area contributed by atoms with E-state index in [-0.39, 0.29) is 17.9 Å². The highest BCUT2D eigenvalue weighted by atomic mass is 32.2. The second-order valence-corrected chi connectivity index (χ2v) is 11.3. The minimum absolute atomic E-state index is 0.0496. The van der Waals surface area contributed by atoms with Crippen LogP contribution in [0.5, 0.6) is 0 Å². The fourth-order valence-electron chi connectivity index (χ4n) is 4.88. The Kier molecular flexibility index (Phi) is 7.38. The van der Waals surface area contributed by atoms with Crippen LogP contribution in [0, 0.1) is 33.6 Å². The Hall–Kier alpha value is -3.03. The van der Waals surface area contributed by atoms with Gasteiger partial charge in [-0.1, -0.05) is 36.4 Å². The van der Waals surface area contributed by atoms with E-state index in [1.807, 2.05) is 76.2 Å². The van der Waals surface area contributed by atoms with Gasteiger partial charge < -0.3 is 5.32 Å². The van der Waals surface area contributed by atoms with Crippen molar-refractivity contribution >= 4 is 15.9 Å². The highest BCUT2D eigenvalue weighted by Crippen LogP contribution is 2.31. The Balaban J connectivity index is 1.49. The summed E-state index contributed by atoms with van der Waals surface area (Å²) in [6.07, 6.45) is 4.42. The molecule has 0 radical (unpaired) electrons. The summed E-state index contributed by atoms with van der Waals surface area (Å²) in [6, 6.07) is 15.4. The molecule has 1 aliphatic rings. The Morgan fingerprint density at radius 3 is 2.03 bits per heavy atom. The minimum atomic E-state index is -3.63. The zero-order valence-electron chi connectivity index (χ0n) is 20.8. The summed E-state index contributed by atoms with van der Waals surface area (Å²) in [4.78, 5) is 17.8.